The Bertz CT molecular complexity index is 1280. The standard InChI is InChI=1S/C23H19NO3.C4H11NO3/c1-15(23(25)26)18-7-6-16-9-11-21(13-19(16)12-18)27-14-20-10-8-17-4-2-3-5-22(17)24-20;5-4(1-6,2-7)3-8/h2-13,15H,14H2,1H3,(H,25,26);6-8H,1-3,5H2/t15-;/m0./s1. The quantitative estimate of drug-likeness (QED) is 0.260. The fourth-order valence-electron chi connectivity index (χ4n) is 3.24. The molecular weight excluding hydrogens is 448 g/mol. The van der Waals surface area contributed by atoms with E-state index in [1.54, 1.807) is 6.92 Å². The largest absolute Gasteiger partial charge is 0.487 e. The number of benzene rings is 3. The summed E-state index contributed by atoms with van der Waals surface area (Å²) in [5.41, 5.74) is 6.53. The summed E-state index contributed by atoms with van der Waals surface area (Å²) in [6, 6.07) is 23.6. The average Bonchev–Trinajstić information content (AvgIpc) is 2.90. The number of hydrogen-bond acceptors (Lipinski definition) is 7. The van der Waals surface area contributed by atoms with Gasteiger partial charge in [0.2, 0.25) is 0 Å². The molecule has 184 valence electrons. The molecule has 0 aliphatic rings. The first-order valence-electron chi connectivity index (χ1n) is 11.1. The van der Waals surface area contributed by atoms with Gasteiger partial charge in [0.05, 0.1) is 42.5 Å². The van der Waals surface area contributed by atoms with Gasteiger partial charge >= 0.3 is 5.97 Å². The highest BCUT2D eigenvalue weighted by Crippen LogP contribution is 2.26. The number of carbonyl (C=O) groups is 1. The summed E-state index contributed by atoms with van der Waals surface area (Å²) in [5.74, 6) is -0.637. The van der Waals surface area contributed by atoms with Crippen LogP contribution in [0.1, 0.15) is 24.1 Å². The van der Waals surface area contributed by atoms with E-state index in [9.17, 15) is 9.90 Å². The van der Waals surface area contributed by atoms with E-state index < -0.39 is 37.2 Å². The van der Waals surface area contributed by atoms with Crippen LogP contribution in [0, 0.1) is 0 Å². The average molecular weight is 479 g/mol. The summed E-state index contributed by atoms with van der Waals surface area (Å²) in [6.07, 6.45) is 0. The van der Waals surface area contributed by atoms with Gasteiger partial charge in [-0.1, -0.05) is 48.5 Å². The lowest BCUT2D eigenvalue weighted by Gasteiger charge is -2.20. The number of nitrogens with zero attached hydrogens (tertiary/aromatic N) is 1. The van der Waals surface area contributed by atoms with Crippen molar-refractivity contribution in [3.05, 3.63) is 84.1 Å². The van der Waals surface area contributed by atoms with Crippen molar-refractivity contribution in [3.8, 4) is 5.75 Å². The highest BCUT2D eigenvalue weighted by Gasteiger charge is 2.20. The molecular formula is C27H30N2O6. The molecule has 1 atom stereocenters. The highest BCUT2D eigenvalue weighted by molar-refractivity contribution is 5.86. The number of para-hydroxylation sites is 1. The summed E-state index contributed by atoms with van der Waals surface area (Å²) in [5, 5.41) is 37.4. The molecule has 0 spiro atoms. The van der Waals surface area contributed by atoms with Gasteiger partial charge in [-0.3, -0.25) is 4.79 Å². The van der Waals surface area contributed by atoms with Crippen LogP contribution in [0.2, 0.25) is 0 Å². The molecule has 1 aromatic heterocycles. The van der Waals surface area contributed by atoms with E-state index in [0.29, 0.717) is 6.61 Å². The number of aromatic nitrogens is 1. The zero-order valence-corrected chi connectivity index (χ0v) is 19.5. The topological polar surface area (TPSA) is 146 Å². The maximum Gasteiger partial charge on any atom is 0.310 e. The van der Waals surface area contributed by atoms with Gasteiger partial charge < -0.3 is 30.9 Å². The minimum Gasteiger partial charge on any atom is -0.487 e. The summed E-state index contributed by atoms with van der Waals surface area (Å²) >= 11 is 0. The van der Waals surface area contributed by atoms with Crippen molar-refractivity contribution >= 4 is 27.6 Å². The third-order valence-corrected chi connectivity index (χ3v) is 5.69. The van der Waals surface area contributed by atoms with Crippen molar-refractivity contribution in [1.82, 2.24) is 4.98 Å². The molecule has 0 aliphatic carbocycles. The second kappa shape index (κ2) is 11.7. The molecule has 8 heteroatoms. The third-order valence-electron chi connectivity index (χ3n) is 5.69. The van der Waals surface area contributed by atoms with Crippen molar-refractivity contribution in [2.24, 2.45) is 5.73 Å². The number of carboxylic acid groups (broad SMARTS) is 1. The number of aliphatic hydroxyl groups is 3. The van der Waals surface area contributed by atoms with Gasteiger partial charge in [0.15, 0.2) is 0 Å². The SMILES string of the molecule is C[C@H](C(=O)O)c1ccc2ccc(OCc3ccc4ccccc4n3)cc2c1.NC(CO)(CO)CO. The number of carboxylic acids is 1. The molecule has 0 radical (unpaired) electrons. The Morgan fingerprint density at radius 1 is 0.914 bits per heavy atom. The summed E-state index contributed by atoms with van der Waals surface area (Å²) in [6.45, 7) is 0.858. The lowest BCUT2D eigenvalue weighted by molar-refractivity contribution is -0.138. The summed E-state index contributed by atoms with van der Waals surface area (Å²) in [4.78, 5) is 15.8. The molecule has 0 amide bonds. The molecule has 35 heavy (non-hydrogen) atoms. The fourth-order valence-corrected chi connectivity index (χ4v) is 3.24. The van der Waals surface area contributed by atoms with E-state index in [0.717, 1.165) is 38.7 Å². The predicted octanol–water partition coefficient (Wildman–Crippen LogP) is 2.82. The molecule has 8 nitrogen and oxygen atoms in total. The number of hydrogen-bond donors (Lipinski definition) is 5. The number of fused-ring (bicyclic) bond motifs is 2. The van der Waals surface area contributed by atoms with E-state index in [4.69, 9.17) is 25.8 Å². The van der Waals surface area contributed by atoms with Crippen molar-refractivity contribution in [2.75, 3.05) is 19.8 Å². The second-order valence-electron chi connectivity index (χ2n) is 8.45. The normalized spacial score (nSPS) is 12.1. The lowest BCUT2D eigenvalue weighted by Crippen LogP contribution is -2.50. The van der Waals surface area contributed by atoms with E-state index >= 15 is 0 Å². The molecule has 4 aromatic rings. The molecule has 0 saturated carbocycles. The molecule has 0 saturated heterocycles. The molecule has 1 heterocycles. The number of aliphatic hydroxyl groups excluding tert-OH is 3. The maximum atomic E-state index is 11.2. The minimum atomic E-state index is -1.21. The first kappa shape index (κ1) is 26.1. The predicted molar refractivity (Wildman–Crippen MR) is 134 cm³/mol. The van der Waals surface area contributed by atoms with E-state index in [2.05, 4.69) is 4.98 Å². The number of rotatable bonds is 8. The Labute approximate surface area is 203 Å². The van der Waals surface area contributed by atoms with Crippen molar-refractivity contribution in [3.63, 3.8) is 0 Å². The van der Waals surface area contributed by atoms with Gasteiger partial charge in [0.1, 0.15) is 12.4 Å². The van der Waals surface area contributed by atoms with Crippen molar-refractivity contribution in [1.29, 1.82) is 0 Å². The number of aliphatic carboxylic acids is 1. The number of ether oxygens (including phenoxy) is 1. The van der Waals surface area contributed by atoms with Gasteiger partial charge in [0, 0.05) is 5.39 Å². The molecule has 6 N–H and O–H groups in total. The zero-order valence-electron chi connectivity index (χ0n) is 19.5. The Hall–Kier alpha value is -3.56. The van der Waals surface area contributed by atoms with Gasteiger partial charge in [-0.15, -0.1) is 0 Å². The number of pyridine rings is 1. The van der Waals surface area contributed by atoms with Crippen LogP contribution in [0.25, 0.3) is 21.7 Å². The molecule has 0 bridgehead atoms. The van der Waals surface area contributed by atoms with Crippen LogP contribution in [0.4, 0.5) is 0 Å². The molecule has 0 fully saturated rings. The van der Waals surface area contributed by atoms with Gasteiger partial charge in [0.25, 0.3) is 0 Å². The van der Waals surface area contributed by atoms with Crippen LogP contribution in [0.5, 0.6) is 5.75 Å². The van der Waals surface area contributed by atoms with E-state index in [1.165, 1.54) is 0 Å². The lowest BCUT2D eigenvalue weighted by atomic mass is 9.98. The van der Waals surface area contributed by atoms with Crippen LogP contribution in [0.15, 0.2) is 72.8 Å². The maximum absolute atomic E-state index is 11.2. The molecule has 0 unspecified atom stereocenters. The van der Waals surface area contributed by atoms with E-state index in [-0.39, 0.29) is 0 Å². The minimum absolute atomic E-state index is 0.377. The smallest absolute Gasteiger partial charge is 0.310 e. The van der Waals surface area contributed by atoms with Crippen molar-refractivity contribution in [2.45, 2.75) is 25.0 Å². The Morgan fingerprint density at radius 3 is 2.23 bits per heavy atom. The number of nitrogens with two attached hydrogens (primary N) is 1. The van der Waals surface area contributed by atoms with Crippen LogP contribution >= 0.6 is 0 Å². The third kappa shape index (κ3) is 6.74. The van der Waals surface area contributed by atoms with Crippen LogP contribution < -0.4 is 10.5 Å². The Morgan fingerprint density at radius 2 is 1.57 bits per heavy atom. The first-order valence-corrected chi connectivity index (χ1v) is 11.1. The molecule has 0 aliphatic heterocycles. The van der Waals surface area contributed by atoms with E-state index in [1.807, 2.05) is 72.8 Å². The summed E-state index contributed by atoms with van der Waals surface area (Å²) in [7, 11) is 0. The van der Waals surface area contributed by atoms with Crippen LogP contribution in [0.3, 0.4) is 0 Å². The summed E-state index contributed by atoms with van der Waals surface area (Å²) < 4.78 is 5.92. The van der Waals surface area contributed by atoms with Gasteiger partial charge in [-0.05, 0) is 47.5 Å². The van der Waals surface area contributed by atoms with Crippen LogP contribution in [-0.4, -0.2) is 56.7 Å². The molecule has 4 rings (SSSR count). The fraction of sp³-hybridized carbons (Fsp3) is 0.259. The Kier molecular flexibility index (Phi) is 8.73. The Balaban J connectivity index is 0.000000371. The van der Waals surface area contributed by atoms with Crippen molar-refractivity contribution < 1.29 is 30.0 Å². The highest BCUT2D eigenvalue weighted by atomic mass is 16.5. The molecule has 3 aromatic carbocycles. The second-order valence-corrected chi connectivity index (χ2v) is 8.45. The monoisotopic (exact) mass is 478 g/mol. The first-order chi connectivity index (χ1) is 16.8. The zero-order chi connectivity index (χ0) is 25.4. The van der Waals surface area contributed by atoms with Gasteiger partial charge in [-0.25, -0.2) is 4.98 Å². The van der Waals surface area contributed by atoms with Crippen LogP contribution in [-0.2, 0) is 11.4 Å². The van der Waals surface area contributed by atoms with Gasteiger partial charge in [-0.2, -0.15) is 0 Å².